The van der Waals surface area contributed by atoms with E-state index < -0.39 is 11.4 Å². The summed E-state index contributed by atoms with van der Waals surface area (Å²) in [6, 6.07) is 13.4. The van der Waals surface area contributed by atoms with Gasteiger partial charge in [0.15, 0.2) is 4.90 Å². The molecule has 1 unspecified atom stereocenters. The molecule has 0 spiro atoms. The molecule has 0 saturated carbocycles. The molecule has 0 aromatic heterocycles. The first-order valence-electron chi connectivity index (χ1n) is 5.44. The lowest BCUT2D eigenvalue weighted by molar-refractivity contribution is 0.596. The summed E-state index contributed by atoms with van der Waals surface area (Å²) >= 11 is -1.46. The highest BCUT2D eigenvalue weighted by atomic mass is 32.2. The Kier molecular flexibility index (Phi) is 4.12. The Morgan fingerprint density at radius 3 is 2.67 bits per heavy atom. The Balaban J connectivity index is 2.17. The molecule has 2 aromatic rings. The molecule has 0 fully saturated rings. The average molecular weight is 261 g/mol. The number of benzene rings is 2. The minimum Gasteiger partial charge on any atom is -0.586 e. The molecule has 0 aliphatic heterocycles. The van der Waals surface area contributed by atoms with Gasteiger partial charge in [-0.25, -0.2) is 4.39 Å². The Hall–Kier alpha value is -1.65. The van der Waals surface area contributed by atoms with E-state index in [9.17, 15) is 8.94 Å². The summed E-state index contributed by atoms with van der Waals surface area (Å²) < 4.78 is 28.8. The van der Waals surface area contributed by atoms with Crippen LogP contribution in [0.2, 0.25) is 0 Å². The van der Waals surface area contributed by atoms with Gasteiger partial charge in [0, 0.05) is 11.1 Å². The fraction of sp³-hybridized carbons (Fsp3) is 0.0714. The normalized spacial score (nSPS) is 12.8. The summed E-state index contributed by atoms with van der Waals surface area (Å²) in [5, 5.41) is 0. The molecule has 92 valence electrons. The van der Waals surface area contributed by atoms with Gasteiger partial charge in [0.25, 0.3) is 0 Å². The van der Waals surface area contributed by atoms with Crippen molar-refractivity contribution in [2.45, 2.75) is 11.8 Å². The molecule has 2 aromatic carbocycles. The van der Waals surface area contributed by atoms with Crippen LogP contribution in [0, 0.1) is 12.7 Å². The van der Waals surface area contributed by atoms with Crippen LogP contribution in [0.4, 0.5) is 4.39 Å². The van der Waals surface area contributed by atoms with Crippen LogP contribution in [0.5, 0.6) is 0 Å². The number of rotatable bonds is 3. The highest BCUT2D eigenvalue weighted by Crippen LogP contribution is 2.16. The first-order valence-corrected chi connectivity index (χ1v) is 6.54. The smallest absolute Gasteiger partial charge is 0.185 e. The van der Waals surface area contributed by atoms with Crippen molar-refractivity contribution in [3.8, 4) is 0 Å². The molecule has 2 rings (SSSR count). The zero-order valence-corrected chi connectivity index (χ0v) is 10.7. The zero-order chi connectivity index (χ0) is 13.0. The van der Waals surface area contributed by atoms with Gasteiger partial charge in [-0.1, -0.05) is 34.7 Å². The van der Waals surface area contributed by atoms with Crippen molar-refractivity contribution in [1.82, 2.24) is 0 Å². The molecule has 1 atom stereocenters. The number of halogens is 1. The van der Waals surface area contributed by atoms with E-state index in [1.807, 2.05) is 25.1 Å². The first kappa shape index (κ1) is 12.8. The summed E-state index contributed by atoms with van der Waals surface area (Å²) in [5.74, 6) is -0.333. The third-order valence-corrected chi connectivity index (χ3v) is 3.56. The second-order valence-electron chi connectivity index (χ2n) is 3.80. The largest absolute Gasteiger partial charge is 0.586 e. The zero-order valence-electron chi connectivity index (χ0n) is 9.84. The topological polar surface area (TPSA) is 35.4 Å². The summed E-state index contributed by atoms with van der Waals surface area (Å²) in [6.07, 6.45) is 1.42. The van der Waals surface area contributed by atoms with E-state index >= 15 is 0 Å². The molecule has 0 amide bonds. The monoisotopic (exact) mass is 261 g/mol. The first-order chi connectivity index (χ1) is 8.66. The van der Waals surface area contributed by atoms with E-state index in [0.717, 1.165) is 5.56 Å². The van der Waals surface area contributed by atoms with Crippen LogP contribution in [-0.2, 0) is 11.4 Å². The highest BCUT2D eigenvalue weighted by molar-refractivity contribution is 7.90. The van der Waals surface area contributed by atoms with Crippen molar-refractivity contribution in [3.63, 3.8) is 0 Å². The molecule has 0 aliphatic carbocycles. The Bertz CT molecular complexity index is 571. The van der Waals surface area contributed by atoms with Gasteiger partial charge in [-0.05, 0) is 25.1 Å². The molecular weight excluding hydrogens is 249 g/mol. The second-order valence-corrected chi connectivity index (χ2v) is 4.95. The molecule has 0 aliphatic rings. The molecule has 0 radical (unpaired) electrons. The lowest BCUT2D eigenvalue weighted by Crippen LogP contribution is -2.00. The van der Waals surface area contributed by atoms with Crippen molar-refractivity contribution in [1.29, 1.82) is 0 Å². The number of hydrogen-bond donors (Lipinski definition) is 0. The third kappa shape index (κ3) is 3.18. The van der Waals surface area contributed by atoms with Crippen LogP contribution >= 0.6 is 0 Å². The average Bonchev–Trinajstić information content (AvgIpc) is 2.37. The number of nitrogens with zero attached hydrogens (tertiary/aromatic N) is 1. The van der Waals surface area contributed by atoms with Gasteiger partial charge in [-0.15, -0.1) is 0 Å². The third-order valence-electron chi connectivity index (χ3n) is 2.43. The van der Waals surface area contributed by atoms with E-state index in [0.29, 0.717) is 10.5 Å². The molecule has 4 heteroatoms. The van der Waals surface area contributed by atoms with Gasteiger partial charge in [-0.2, -0.15) is 0 Å². The summed E-state index contributed by atoms with van der Waals surface area (Å²) in [5.41, 5.74) is 1.52. The van der Waals surface area contributed by atoms with Crippen molar-refractivity contribution < 1.29 is 8.94 Å². The van der Waals surface area contributed by atoms with Crippen LogP contribution in [0.15, 0.2) is 57.8 Å². The van der Waals surface area contributed by atoms with Crippen LogP contribution in [0.25, 0.3) is 0 Å². The molecule has 0 bridgehead atoms. The van der Waals surface area contributed by atoms with Crippen LogP contribution < -0.4 is 0 Å². The molecule has 2 nitrogen and oxygen atoms in total. The van der Waals surface area contributed by atoms with Gasteiger partial charge in [0.05, 0.1) is 6.21 Å². The Labute approximate surface area is 109 Å². The standard InChI is InChI=1S/C14H12FNOS/c1-11-5-2-3-8-14(11)18(17)16-10-12-6-4-7-13(15)9-12/h2-10H,1H3. The van der Waals surface area contributed by atoms with Crippen LogP contribution in [0.1, 0.15) is 11.1 Å². The summed E-state index contributed by atoms with van der Waals surface area (Å²) in [4.78, 5) is 0.671. The summed E-state index contributed by atoms with van der Waals surface area (Å²) in [6.45, 7) is 1.88. The maximum atomic E-state index is 12.9. The highest BCUT2D eigenvalue weighted by Gasteiger charge is 2.11. The number of aryl methyl sites for hydroxylation is 1. The molecule has 18 heavy (non-hydrogen) atoms. The molecular formula is C14H12FNOS. The molecule has 0 saturated heterocycles. The lowest BCUT2D eigenvalue weighted by Gasteiger charge is -2.04. The molecule has 0 heterocycles. The van der Waals surface area contributed by atoms with Gasteiger partial charge in [0.1, 0.15) is 17.2 Å². The van der Waals surface area contributed by atoms with Gasteiger partial charge < -0.3 is 4.55 Å². The SMILES string of the molecule is Cc1ccccc1[S+]([O-])N=Cc1cccc(F)c1. The van der Waals surface area contributed by atoms with Gasteiger partial charge in [0.2, 0.25) is 0 Å². The predicted molar refractivity (Wildman–Crippen MR) is 71.6 cm³/mol. The van der Waals surface area contributed by atoms with Crippen molar-refractivity contribution in [2.75, 3.05) is 0 Å². The van der Waals surface area contributed by atoms with Crippen molar-refractivity contribution in [2.24, 2.45) is 4.40 Å². The fourth-order valence-corrected chi connectivity index (χ4v) is 2.37. The maximum Gasteiger partial charge on any atom is 0.185 e. The van der Waals surface area contributed by atoms with Crippen molar-refractivity contribution >= 4 is 17.6 Å². The minimum atomic E-state index is -1.46. The Morgan fingerprint density at radius 2 is 1.94 bits per heavy atom. The minimum absolute atomic E-state index is 0.333. The lowest BCUT2D eigenvalue weighted by atomic mass is 10.2. The fourth-order valence-electron chi connectivity index (χ4n) is 1.50. The quantitative estimate of drug-likeness (QED) is 0.617. The van der Waals surface area contributed by atoms with Crippen molar-refractivity contribution in [3.05, 3.63) is 65.5 Å². The predicted octanol–water partition coefficient (Wildman–Crippen LogP) is 3.28. The second kappa shape index (κ2) is 5.80. The van der Waals surface area contributed by atoms with Crippen LogP contribution in [0.3, 0.4) is 0 Å². The van der Waals surface area contributed by atoms with Crippen LogP contribution in [-0.4, -0.2) is 10.8 Å². The van der Waals surface area contributed by atoms with E-state index in [1.165, 1.54) is 18.3 Å². The maximum absolute atomic E-state index is 12.9. The Morgan fingerprint density at radius 1 is 1.17 bits per heavy atom. The van der Waals surface area contributed by atoms with E-state index in [-0.39, 0.29) is 5.82 Å². The van der Waals surface area contributed by atoms with E-state index in [2.05, 4.69) is 4.40 Å². The molecule has 0 N–H and O–H groups in total. The van der Waals surface area contributed by atoms with E-state index in [1.54, 1.807) is 18.2 Å². The van der Waals surface area contributed by atoms with E-state index in [4.69, 9.17) is 0 Å². The number of hydrogen-bond acceptors (Lipinski definition) is 2. The van der Waals surface area contributed by atoms with Gasteiger partial charge >= 0.3 is 0 Å². The summed E-state index contributed by atoms with van der Waals surface area (Å²) in [7, 11) is 0. The van der Waals surface area contributed by atoms with Gasteiger partial charge in [-0.3, -0.25) is 0 Å².